The van der Waals surface area contributed by atoms with Crippen molar-refractivity contribution in [1.29, 1.82) is 0 Å². The molecule has 1 fully saturated rings. The fourth-order valence-corrected chi connectivity index (χ4v) is 4.53. The van der Waals surface area contributed by atoms with Crippen molar-refractivity contribution >= 4 is 23.4 Å². The van der Waals surface area contributed by atoms with Crippen LogP contribution in [0.1, 0.15) is 52.3 Å². The number of aromatic amines is 2. The number of ether oxygens (including phenoxy) is 1. The number of amides is 1. The van der Waals surface area contributed by atoms with Crippen LogP contribution in [0, 0.1) is 13.8 Å². The number of hydrogen-bond acceptors (Lipinski definition) is 6. The van der Waals surface area contributed by atoms with Crippen LogP contribution >= 0.6 is 0 Å². The van der Waals surface area contributed by atoms with Gasteiger partial charge in [-0.3, -0.25) is 19.6 Å². The fraction of sp³-hybridized carbons (Fsp3) is 0.320. The lowest BCUT2D eigenvalue weighted by Gasteiger charge is -2.24. The predicted octanol–water partition coefficient (Wildman–Crippen LogP) is 2.33. The second-order valence-corrected chi connectivity index (χ2v) is 8.33. The van der Waals surface area contributed by atoms with Crippen molar-refractivity contribution in [3.8, 4) is 0 Å². The molecule has 0 aliphatic carbocycles. The molecule has 1 unspecified atom stereocenters. The molecule has 10 heteroatoms. The Morgan fingerprint density at radius 2 is 2.11 bits per heavy atom. The van der Waals surface area contributed by atoms with Gasteiger partial charge in [-0.25, -0.2) is 9.36 Å². The van der Waals surface area contributed by atoms with Crippen LogP contribution < -0.4 is 4.57 Å². The van der Waals surface area contributed by atoms with E-state index in [1.807, 2.05) is 17.1 Å². The number of pyridine rings is 1. The summed E-state index contributed by atoms with van der Waals surface area (Å²) < 4.78 is 7.04. The van der Waals surface area contributed by atoms with E-state index in [9.17, 15) is 19.5 Å². The second-order valence-electron chi connectivity index (χ2n) is 8.33. The molecule has 1 aliphatic rings. The van der Waals surface area contributed by atoms with E-state index in [4.69, 9.17) is 4.74 Å². The van der Waals surface area contributed by atoms with E-state index in [2.05, 4.69) is 15.0 Å². The SMILES string of the molecule is CCOC(=O)c1[nH]c(C)c(C(O)=C2C(=O)C(=O)N(CCC[n+]3cc[nH]c3)C2c2cccnc2)c1C. The van der Waals surface area contributed by atoms with E-state index in [1.54, 1.807) is 51.5 Å². The quantitative estimate of drug-likeness (QED) is 0.150. The molecule has 4 rings (SSSR count). The Bertz CT molecular complexity index is 1280. The first kappa shape index (κ1) is 23.9. The Morgan fingerprint density at radius 1 is 1.31 bits per heavy atom. The molecule has 0 saturated carbocycles. The fourth-order valence-electron chi connectivity index (χ4n) is 4.53. The lowest BCUT2D eigenvalue weighted by molar-refractivity contribution is -0.695. The summed E-state index contributed by atoms with van der Waals surface area (Å²) in [4.78, 5) is 50.2. The summed E-state index contributed by atoms with van der Waals surface area (Å²) in [7, 11) is 0. The smallest absolute Gasteiger partial charge is 0.355 e. The zero-order chi connectivity index (χ0) is 25.1. The molecular formula is C25H28N5O5+. The highest BCUT2D eigenvalue weighted by Gasteiger charge is 2.46. The van der Waals surface area contributed by atoms with Gasteiger partial charge in [0.15, 0.2) is 0 Å². The van der Waals surface area contributed by atoms with Crippen LogP contribution in [0.4, 0.5) is 0 Å². The molecule has 1 saturated heterocycles. The Morgan fingerprint density at radius 3 is 2.77 bits per heavy atom. The maximum Gasteiger partial charge on any atom is 0.355 e. The van der Waals surface area contributed by atoms with Crippen LogP contribution in [0.15, 0.2) is 48.8 Å². The van der Waals surface area contributed by atoms with Crippen LogP contribution in [-0.2, 0) is 20.9 Å². The van der Waals surface area contributed by atoms with Gasteiger partial charge in [0.05, 0.1) is 24.8 Å². The summed E-state index contributed by atoms with van der Waals surface area (Å²) in [5, 5.41) is 11.4. The number of rotatable bonds is 8. The van der Waals surface area contributed by atoms with Gasteiger partial charge in [0, 0.05) is 36.6 Å². The number of nitrogens with zero attached hydrogens (tertiary/aromatic N) is 3. The molecule has 4 heterocycles. The molecular weight excluding hydrogens is 450 g/mol. The number of aliphatic hydroxyl groups excluding tert-OH is 1. The van der Waals surface area contributed by atoms with Gasteiger partial charge in [-0.15, -0.1) is 0 Å². The lowest BCUT2D eigenvalue weighted by atomic mass is 9.95. The van der Waals surface area contributed by atoms with Crippen molar-refractivity contribution in [3.63, 3.8) is 0 Å². The third kappa shape index (κ3) is 4.46. The van der Waals surface area contributed by atoms with Crippen molar-refractivity contribution < 1.29 is 28.8 Å². The third-order valence-electron chi connectivity index (χ3n) is 6.11. The molecule has 3 aromatic rings. The number of imidazole rings is 1. The van der Waals surface area contributed by atoms with Crippen molar-refractivity contribution in [2.45, 2.75) is 39.8 Å². The predicted molar refractivity (Wildman–Crippen MR) is 125 cm³/mol. The summed E-state index contributed by atoms with van der Waals surface area (Å²) in [5.41, 5.74) is 2.02. The summed E-state index contributed by atoms with van der Waals surface area (Å²) >= 11 is 0. The number of carbonyl (C=O) groups excluding carboxylic acids is 3. The van der Waals surface area contributed by atoms with Gasteiger partial charge in [0.25, 0.3) is 11.7 Å². The maximum absolute atomic E-state index is 13.2. The Balaban J connectivity index is 1.77. The van der Waals surface area contributed by atoms with Crippen LogP contribution in [0.3, 0.4) is 0 Å². The Kier molecular flexibility index (Phi) is 6.81. The first-order chi connectivity index (χ1) is 16.8. The van der Waals surface area contributed by atoms with Crippen molar-refractivity contribution in [2.24, 2.45) is 0 Å². The summed E-state index contributed by atoms with van der Waals surface area (Å²) in [6.45, 7) is 6.20. The average Bonchev–Trinajstić information content (AvgIpc) is 3.53. The molecule has 0 aromatic carbocycles. The van der Waals surface area contributed by atoms with E-state index in [0.29, 0.717) is 41.9 Å². The molecule has 0 radical (unpaired) electrons. The number of aliphatic hydroxyl groups is 1. The zero-order valence-electron chi connectivity index (χ0n) is 19.9. The van der Waals surface area contributed by atoms with Crippen LogP contribution in [0.5, 0.6) is 0 Å². The molecule has 0 bridgehead atoms. The van der Waals surface area contributed by atoms with Crippen molar-refractivity contribution in [2.75, 3.05) is 13.2 Å². The molecule has 0 spiro atoms. The molecule has 3 aromatic heterocycles. The zero-order valence-corrected chi connectivity index (χ0v) is 19.9. The van der Waals surface area contributed by atoms with Gasteiger partial charge >= 0.3 is 5.97 Å². The van der Waals surface area contributed by atoms with E-state index in [0.717, 1.165) is 0 Å². The molecule has 10 nitrogen and oxygen atoms in total. The third-order valence-corrected chi connectivity index (χ3v) is 6.11. The molecule has 1 atom stereocenters. The largest absolute Gasteiger partial charge is 0.507 e. The lowest BCUT2D eigenvalue weighted by Crippen LogP contribution is -2.36. The number of hydrogen-bond donors (Lipinski definition) is 3. The number of Topliss-reactive ketones (excluding diaryl/α,β-unsaturated/α-hetero) is 1. The highest BCUT2D eigenvalue weighted by molar-refractivity contribution is 6.46. The van der Waals surface area contributed by atoms with Gasteiger partial charge < -0.3 is 19.7 Å². The number of carbonyl (C=O) groups is 3. The minimum Gasteiger partial charge on any atom is -0.507 e. The average molecular weight is 479 g/mol. The van der Waals surface area contributed by atoms with E-state index in [1.165, 1.54) is 4.90 Å². The minimum absolute atomic E-state index is 0.0297. The molecule has 182 valence electrons. The topological polar surface area (TPSA) is 132 Å². The van der Waals surface area contributed by atoms with Gasteiger partial charge in [-0.2, -0.15) is 0 Å². The molecule has 1 aliphatic heterocycles. The minimum atomic E-state index is -0.806. The number of nitrogens with one attached hydrogen (secondary N) is 2. The highest BCUT2D eigenvalue weighted by atomic mass is 16.5. The van der Waals surface area contributed by atoms with Crippen LogP contribution in [0.2, 0.25) is 0 Å². The number of esters is 1. The number of H-pyrrole nitrogens is 2. The Labute approximate surface area is 202 Å². The second kappa shape index (κ2) is 9.96. The number of aryl methyl sites for hydroxylation is 2. The number of ketones is 1. The van der Waals surface area contributed by atoms with E-state index in [-0.39, 0.29) is 23.6 Å². The van der Waals surface area contributed by atoms with Gasteiger partial charge in [-0.05, 0) is 38.0 Å². The molecule has 3 N–H and O–H groups in total. The van der Waals surface area contributed by atoms with E-state index < -0.39 is 23.7 Å². The normalized spacial score (nSPS) is 17.2. The van der Waals surface area contributed by atoms with E-state index >= 15 is 0 Å². The Hall–Kier alpha value is -4.21. The first-order valence-corrected chi connectivity index (χ1v) is 11.4. The van der Waals surface area contributed by atoms with Gasteiger partial charge in [-0.1, -0.05) is 6.07 Å². The summed E-state index contributed by atoms with van der Waals surface area (Å²) in [6.07, 6.45) is 9.27. The van der Waals surface area contributed by atoms with Gasteiger partial charge in [0.1, 0.15) is 23.8 Å². The number of likely N-dealkylation sites (tertiary alicyclic amines) is 1. The first-order valence-electron chi connectivity index (χ1n) is 11.4. The van der Waals surface area contributed by atoms with Crippen molar-refractivity contribution in [3.05, 3.63) is 76.9 Å². The van der Waals surface area contributed by atoms with Gasteiger partial charge in [0.2, 0.25) is 6.33 Å². The maximum atomic E-state index is 13.2. The van der Waals surface area contributed by atoms with Crippen LogP contribution in [-0.4, -0.2) is 55.8 Å². The molecule has 1 amide bonds. The van der Waals surface area contributed by atoms with Crippen molar-refractivity contribution in [1.82, 2.24) is 19.9 Å². The standard InChI is InChI=1S/C25H27N5O5/c1-4-35-25(34)20-15(2)18(16(3)28-20)22(31)19-21(17-7-5-8-26-13-17)30(24(33)23(19)32)11-6-10-29-12-9-27-14-29/h5,7-9,12-14,21H,4,6,10-11H2,1-3H3,(H2,28,31,32,34)/p+1. The van der Waals surface area contributed by atoms with Crippen LogP contribution in [0.25, 0.3) is 5.76 Å². The number of aromatic nitrogens is 4. The summed E-state index contributed by atoms with van der Waals surface area (Å²) in [6, 6.07) is 2.68. The highest BCUT2D eigenvalue weighted by Crippen LogP contribution is 2.40. The summed E-state index contributed by atoms with van der Waals surface area (Å²) in [5.74, 6) is -2.35. The monoisotopic (exact) mass is 478 g/mol. The molecule has 35 heavy (non-hydrogen) atoms.